The molecule has 0 radical (unpaired) electrons. The third kappa shape index (κ3) is 2.89. The predicted octanol–water partition coefficient (Wildman–Crippen LogP) is 4.27. The van der Waals surface area contributed by atoms with Gasteiger partial charge in [-0.2, -0.15) is 0 Å². The summed E-state index contributed by atoms with van der Waals surface area (Å²) in [5.41, 5.74) is -7.05. The van der Waals surface area contributed by atoms with Gasteiger partial charge in [0, 0.05) is 29.1 Å². The Balaban J connectivity index is 1.92. The van der Waals surface area contributed by atoms with E-state index >= 15 is 8.78 Å². The standard InChI is InChI=1S/C25H30Cl2F2O5/c1-5-18(33)34-25(17(32)11-26)12(2)8-14-19-20(27)21(28)15-9-13(30)6-7-22(15,3)24(19,29)16(31)10-23(14,25)4/h6-7,9,12,14,16,19-21,31H,5,8,10-11H2,1-4H3/t12-,14-,16-,19+,20-,21-,22-,23-,24+,25+/m0/s1. The Hall–Kier alpha value is -1.31. The van der Waals surface area contributed by atoms with E-state index in [0.717, 1.165) is 6.08 Å². The molecule has 3 saturated carbocycles. The van der Waals surface area contributed by atoms with Crippen molar-refractivity contribution in [3.63, 3.8) is 0 Å². The number of hydrogen-bond acceptors (Lipinski definition) is 5. The molecule has 4 aliphatic rings. The number of carbonyl (C=O) groups is 3. The summed E-state index contributed by atoms with van der Waals surface area (Å²) >= 11 is 12.6. The Morgan fingerprint density at radius 1 is 1.32 bits per heavy atom. The van der Waals surface area contributed by atoms with Crippen molar-refractivity contribution < 1.29 is 33.0 Å². The number of aliphatic hydroxyl groups excluding tert-OH is 1. The third-order valence-electron chi connectivity index (χ3n) is 9.28. The van der Waals surface area contributed by atoms with Crippen LogP contribution in [0.25, 0.3) is 0 Å². The average molecular weight is 519 g/mol. The number of aliphatic hydroxyl groups is 1. The zero-order chi connectivity index (χ0) is 25.4. The Bertz CT molecular complexity index is 1000. The molecule has 0 aliphatic heterocycles. The lowest BCUT2D eigenvalue weighted by Crippen LogP contribution is -2.73. The monoisotopic (exact) mass is 518 g/mol. The van der Waals surface area contributed by atoms with Crippen molar-refractivity contribution in [2.24, 2.45) is 28.6 Å². The van der Waals surface area contributed by atoms with Gasteiger partial charge in [-0.1, -0.05) is 26.8 Å². The van der Waals surface area contributed by atoms with Crippen LogP contribution in [0.2, 0.25) is 0 Å². The van der Waals surface area contributed by atoms with E-state index in [9.17, 15) is 19.5 Å². The molecule has 4 rings (SSSR count). The van der Waals surface area contributed by atoms with Gasteiger partial charge < -0.3 is 9.84 Å². The van der Waals surface area contributed by atoms with Gasteiger partial charge in [-0.25, -0.2) is 8.78 Å². The largest absolute Gasteiger partial charge is 0.450 e. The molecule has 0 saturated heterocycles. The van der Waals surface area contributed by atoms with Gasteiger partial charge in [0.05, 0.1) is 17.4 Å². The van der Waals surface area contributed by atoms with E-state index in [-0.39, 0.29) is 24.8 Å². The summed E-state index contributed by atoms with van der Waals surface area (Å²) in [5, 5.41) is 10.0. The van der Waals surface area contributed by atoms with Crippen molar-refractivity contribution in [3.05, 3.63) is 23.8 Å². The number of rotatable bonds is 4. The maximum Gasteiger partial charge on any atom is 0.306 e. The van der Waals surface area contributed by atoms with Gasteiger partial charge in [0.25, 0.3) is 0 Å². The maximum absolute atomic E-state index is 17.4. The van der Waals surface area contributed by atoms with E-state index in [1.165, 1.54) is 19.1 Å². The van der Waals surface area contributed by atoms with Crippen LogP contribution in [0.15, 0.2) is 23.8 Å². The summed E-state index contributed by atoms with van der Waals surface area (Å²) in [4.78, 5) is 37.8. The minimum Gasteiger partial charge on any atom is -0.450 e. The molecule has 0 amide bonds. The lowest BCUT2D eigenvalue weighted by Gasteiger charge is -2.64. The van der Waals surface area contributed by atoms with Crippen molar-refractivity contribution in [3.8, 4) is 0 Å². The Morgan fingerprint density at radius 2 is 1.97 bits per heavy atom. The fraction of sp³-hybridized carbons (Fsp3) is 0.720. The summed E-state index contributed by atoms with van der Waals surface area (Å²) < 4.78 is 39.0. The first kappa shape index (κ1) is 25.8. The first-order chi connectivity index (χ1) is 15.8. The number of halogens is 4. The van der Waals surface area contributed by atoms with Crippen LogP contribution >= 0.6 is 23.2 Å². The van der Waals surface area contributed by atoms with Crippen molar-refractivity contribution >= 4 is 40.7 Å². The van der Waals surface area contributed by atoms with Gasteiger partial charge >= 0.3 is 5.97 Å². The molecule has 4 aliphatic carbocycles. The van der Waals surface area contributed by atoms with Crippen LogP contribution in [0.5, 0.6) is 0 Å². The summed E-state index contributed by atoms with van der Waals surface area (Å²) in [6.07, 6.45) is 0.0891. The number of fused-ring (bicyclic) bond motifs is 5. The highest BCUT2D eigenvalue weighted by atomic mass is 35.5. The molecule has 0 unspecified atom stereocenters. The van der Waals surface area contributed by atoms with Gasteiger partial charge in [-0.15, -0.1) is 23.2 Å². The van der Waals surface area contributed by atoms with E-state index in [1.54, 1.807) is 20.8 Å². The number of esters is 1. The normalized spacial score (nSPS) is 49.6. The van der Waals surface area contributed by atoms with Crippen LogP contribution in [-0.2, 0) is 19.1 Å². The van der Waals surface area contributed by atoms with Gasteiger partial charge in [0.15, 0.2) is 22.8 Å². The molecular formula is C25H30Cl2F2O5. The van der Waals surface area contributed by atoms with E-state index in [1.807, 2.05) is 0 Å². The third-order valence-corrected chi connectivity index (χ3v) is 10.0. The lowest BCUT2D eigenvalue weighted by molar-refractivity contribution is -0.229. The van der Waals surface area contributed by atoms with E-state index in [2.05, 4.69) is 0 Å². The van der Waals surface area contributed by atoms with Crippen molar-refractivity contribution in [2.75, 3.05) is 5.88 Å². The van der Waals surface area contributed by atoms with Gasteiger partial charge in [0.2, 0.25) is 0 Å². The minimum atomic E-state index is -2.41. The molecule has 34 heavy (non-hydrogen) atoms. The lowest BCUT2D eigenvalue weighted by atomic mass is 9.44. The molecular weight excluding hydrogens is 489 g/mol. The highest BCUT2D eigenvalue weighted by Crippen LogP contribution is 2.72. The first-order valence-electron chi connectivity index (χ1n) is 11.7. The summed E-state index contributed by atoms with van der Waals surface area (Å²) in [6, 6.07) is 0. The Kier molecular flexibility index (Phi) is 6.14. The second kappa shape index (κ2) is 8.10. The Morgan fingerprint density at radius 3 is 2.56 bits per heavy atom. The molecule has 0 heterocycles. The van der Waals surface area contributed by atoms with E-state index < -0.39 is 80.9 Å². The SMILES string of the molecule is CCC(=O)O[C@@]1(C(=O)CCl)[C@@H](C)C[C@H]2[C@@H]3[C@H](Cl)[C@@H](F)C4=CC(=O)C=C[C@]4(C)[C@@]3(F)[C@@H](O)C[C@@]21C. The van der Waals surface area contributed by atoms with Crippen LogP contribution in [0.1, 0.15) is 47.0 Å². The van der Waals surface area contributed by atoms with Crippen molar-refractivity contribution in [2.45, 2.75) is 75.9 Å². The fourth-order valence-electron chi connectivity index (χ4n) is 7.69. The van der Waals surface area contributed by atoms with E-state index in [4.69, 9.17) is 27.9 Å². The number of alkyl halides is 4. The molecule has 1 N–H and O–H groups in total. The number of hydrogen-bond donors (Lipinski definition) is 1. The number of ether oxygens (including phenoxy) is 1. The van der Waals surface area contributed by atoms with Crippen molar-refractivity contribution in [1.82, 2.24) is 0 Å². The molecule has 0 spiro atoms. The summed E-state index contributed by atoms with van der Waals surface area (Å²) in [6.45, 7) is 6.48. The van der Waals surface area contributed by atoms with Gasteiger partial charge in [-0.05, 0) is 43.4 Å². The number of Topliss-reactive ketones (excluding diaryl/α,β-unsaturated/α-hetero) is 1. The second-order valence-electron chi connectivity index (χ2n) is 10.7. The zero-order valence-electron chi connectivity index (χ0n) is 19.6. The van der Waals surface area contributed by atoms with Crippen LogP contribution in [0.4, 0.5) is 8.78 Å². The fourth-order valence-corrected chi connectivity index (χ4v) is 8.38. The topological polar surface area (TPSA) is 80.7 Å². The predicted molar refractivity (Wildman–Crippen MR) is 123 cm³/mol. The zero-order valence-corrected chi connectivity index (χ0v) is 21.1. The number of allylic oxidation sites excluding steroid dienone is 4. The molecule has 5 nitrogen and oxygen atoms in total. The molecule has 188 valence electrons. The smallest absolute Gasteiger partial charge is 0.306 e. The molecule has 0 aromatic heterocycles. The first-order valence-corrected chi connectivity index (χ1v) is 12.6. The van der Waals surface area contributed by atoms with Crippen LogP contribution in [0, 0.1) is 28.6 Å². The molecule has 3 fully saturated rings. The van der Waals surface area contributed by atoms with Gasteiger partial charge in [0.1, 0.15) is 6.17 Å². The van der Waals surface area contributed by atoms with Crippen LogP contribution < -0.4 is 0 Å². The maximum atomic E-state index is 17.4. The highest BCUT2D eigenvalue weighted by molar-refractivity contribution is 6.29. The molecule has 0 bridgehead atoms. The molecule has 0 aromatic rings. The minimum absolute atomic E-state index is 0.0134. The van der Waals surface area contributed by atoms with E-state index in [0.29, 0.717) is 0 Å². The van der Waals surface area contributed by atoms with Crippen molar-refractivity contribution in [1.29, 1.82) is 0 Å². The average Bonchev–Trinajstić information content (AvgIpc) is 3.00. The molecule has 0 aromatic carbocycles. The van der Waals surface area contributed by atoms with Crippen LogP contribution in [0.3, 0.4) is 0 Å². The van der Waals surface area contributed by atoms with Crippen LogP contribution in [-0.4, -0.2) is 57.4 Å². The Labute approximate surface area is 207 Å². The quantitative estimate of drug-likeness (QED) is 0.444. The number of carbonyl (C=O) groups excluding carboxylic acids is 3. The molecule has 10 atom stereocenters. The number of ketones is 2. The highest BCUT2D eigenvalue weighted by Gasteiger charge is 2.79. The summed E-state index contributed by atoms with van der Waals surface area (Å²) in [7, 11) is 0. The summed E-state index contributed by atoms with van der Waals surface area (Å²) in [5.74, 6) is -4.52. The molecule has 9 heteroatoms. The second-order valence-corrected chi connectivity index (χ2v) is 11.4. The van der Waals surface area contributed by atoms with Gasteiger partial charge in [-0.3, -0.25) is 14.4 Å².